The van der Waals surface area contributed by atoms with Crippen molar-refractivity contribution in [2.45, 2.75) is 19.4 Å². The lowest BCUT2D eigenvalue weighted by molar-refractivity contribution is 0.0945. The Kier molecular flexibility index (Phi) is 6.86. The third-order valence-corrected chi connectivity index (χ3v) is 5.90. The van der Waals surface area contributed by atoms with Crippen LogP contribution >= 0.6 is 22.9 Å². The molecule has 0 aliphatic carbocycles. The molecule has 0 aliphatic heterocycles. The van der Waals surface area contributed by atoms with E-state index in [-0.39, 0.29) is 17.9 Å². The molecular weight excluding hydrogens is 439 g/mol. The number of aromatic amines is 1. The predicted molar refractivity (Wildman–Crippen MR) is 119 cm³/mol. The number of rotatable bonds is 9. The number of fused-ring (bicyclic) bond motifs is 1. The summed E-state index contributed by atoms with van der Waals surface area (Å²) in [6.07, 6.45) is 2.90. The van der Waals surface area contributed by atoms with E-state index in [1.165, 1.54) is 29.7 Å². The normalized spacial score (nSPS) is 11.2. The van der Waals surface area contributed by atoms with Crippen molar-refractivity contribution in [3.05, 3.63) is 75.0 Å². The van der Waals surface area contributed by atoms with E-state index in [1.54, 1.807) is 0 Å². The number of imidazole rings is 1. The van der Waals surface area contributed by atoms with Crippen molar-refractivity contribution in [2.24, 2.45) is 0 Å². The Hall–Kier alpha value is -2.88. The van der Waals surface area contributed by atoms with Gasteiger partial charge < -0.3 is 15.6 Å². The Morgan fingerprint density at radius 2 is 1.97 bits per heavy atom. The highest BCUT2D eigenvalue weighted by molar-refractivity contribution is 7.16. The molecule has 3 N–H and O–H groups in total. The van der Waals surface area contributed by atoms with E-state index >= 15 is 0 Å². The molecule has 4 rings (SSSR count). The van der Waals surface area contributed by atoms with Crippen molar-refractivity contribution >= 4 is 39.9 Å². The zero-order chi connectivity index (χ0) is 21.6. The van der Waals surface area contributed by atoms with Crippen LogP contribution < -0.4 is 10.6 Å². The molecule has 31 heavy (non-hydrogen) atoms. The highest BCUT2D eigenvalue weighted by Gasteiger charge is 2.17. The van der Waals surface area contributed by atoms with Gasteiger partial charge in [0.2, 0.25) is 0 Å². The number of nitrogens with zero attached hydrogens (tertiary/aromatic N) is 3. The van der Waals surface area contributed by atoms with E-state index in [9.17, 15) is 9.18 Å². The van der Waals surface area contributed by atoms with Crippen molar-refractivity contribution < 1.29 is 9.18 Å². The first-order valence-electron chi connectivity index (χ1n) is 9.77. The summed E-state index contributed by atoms with van der Waals surface area (Å²) >= 11 is 7.45. The van der Waals surface area contributed by atoms with E-state index in [2.05, 4.69) is 30.6 Å². The summed E-state index contributed by atoms with van der Waals surface area (Å²) in [6.45, 7) is 1.43. The first-order chi connectivity index (χ1) is 15.1. The van der Waals surface area contributed by atoms with Gasteiger partial charge in [-0.05, 0) is 24.3 Å². The molecule has 3 aromatic heterocycles. The van der Waals surface area contributed by atoms with E-state index in [1.807, 2.05) is 24.3 Å². The molecule has 3 heterocycles. The first-order valence-corrected chi connectivity index (χ1v) is 11.0. The van der Waals surface area contributed by atoms with E-state index in [0.717, 1.165) is 34.8 Å². The van der Waals surface area contributed by atoms with Crippen LogP contribution in [0.4, 0.5) is 4.39 Å². The zero-order valence-electron chi connectivity index (χ0n) is 16.5. The molecule has 1 amide bonds. The lowest BCUT2D eigenvalue weighted by atomic mass is 10.3. The minimum Gasteiger partial charge on any atom is -0.345 e. The standard InChI is InChI=1S/C21H20ClFN6OS/c22-20-19(21(30)26-12-16-13(23)4-3-9-25-16)29-18(31-20)8-11-24-10-7-17-27-14-5-1-2-6-15(14)28-17/h1-6,9,24H,7-8,10-12H2,(H,26,30)(H,27,28). The third kappa shape index (κ3) is 5.43. The van der Waals surface area contributed by atoms with Gasteiger partial charge in [0.15, 0.2) is 5.69 Å². The number of thiazole rings is 1. The SMILES string of the molecule is O=C(NCc1ncccc1F)c1nc(CCNCCc2nc3ccccc3[nH]2)sc1Cl. The maximum Gasteiger partial charge on any atom is 0.272 e. The van der Waals surface area contributed by atoms with E-state index < -0.39 is 11.7 Å². The first kappa shape index (κ1) is 21.4. The van der Waals surface area contributed by atoms with Crippen molar-refractivity contribution in [3.63, 3.8) is 0 Å². The van der Waals surface area contributed by atoms with Gasteiger partial charge in [-0.1, -0.05) is 23.7 Å². The molecule has 0 unspecified atom stereocenters. The van der Waals surface area contributed by atoms with E-state index in [4.69, 9.17) is 11.6 Å². The van der Waals surface area contributed by atoms with Crippen molar-refractivity contribution in [3.8, 4) is 0 Å². The number of halogens is 2. The van der Waals surface area contributed by atoms with Crippen LogP contribution in [-0.2, 0) is 19.4 Å². The van der Waals surface area contributed by atoms with Crippen molar-refractivity contribution in [1.29, 1.82) is 0 Å². The maximum atomic E-state index is 13.6. The molecule has 1 aromatic carbocycles. The minimum atomic E-state index is -0.471. The largest absolute Gasteiger partial charge is 0.345 e. The van der Waals surface area contributed by atoms with E-state index in [0.29, 0.717) is 17.3 Å². The van der Waals surface area contributed by atoms with Crippen LogP contribution in [0.15, 0.2) is 42.6 Å². The van der Waals surface area contributed by atoms with Gasteiger partial charge in [0, 0.05) is 32.1 Å². The fourth-order valence-electron chi connectivity index (χ4n) is 3.04. The molecule has 0 fully saturated rings. The lowest BCUT2D eigenvalue weighted by Gasteiger charge is -2.04. The molecule has 0 aliphatic rings. The van der Waals surface area contributed by atoms with Gasteiger partial charge in [-0.25, -0.2) is 14.4 Å². The average Bonchev–Trinajstić information content (AvgIpc) is 3.35. The average molecular weight is 459 g/mol. The topological polar surface area (TPSA) is 95.6 Å². The quantitative estimate of drug-likeness (QED) is 0.333. The fraction of sp³-hybridized carbons (Fsp3) is 0.238. The molecule has 160 valence electrons. The zero-order valence-corrected chi connectivity index (χ0v) is 18.1. The number of aromatic nitrogens is 4. The van der Waals surface area contributed by atoms with Crippen LogP contribution in [0.3, 0.4) is 0 Å². The van der Waals surface area contributed by atoms with Crippen LogP contribution in [0.1, 0.15) is 27.0 Å². The molecule has 10 heteroatoms. The number of H-pyrrole nitrogens is 1. The minimum absolute atomic E-state index is 0.0297. The van der Waals surface area contributed by atoms with Crippen molar-refractivity contribution in [2.75, 3.05) is 13.1 Å². The van der Waals surface area contributed by atoms with Crippen LogP contribution in [0.2, 0.25) is 4.34 Å². The Bertz CT molecular complexity index is 1160. The molecule has 0 bridgehead atoms. The number of carbonyl (C=O) groups excluding carboxylic acids is 1. The molecule has 4 aromatic rings. The van der Waals surface area contributed by atoms with Gasteiger partial charge in [0.05, 0.1) is 28.3 Å². The number of hydrogen-bond donors (Lipinski definition) is 3. The maximum absolute atomic E-state index is 13.6. The molecule has 0 spiro atoms. The molecular formula is C21H20ClFN6OS. The highest BCUT2D eigenvalue weighted by atomic mass is 35.5. The number of pyridine rings is 1. The number of amides is 1. The van der Waals surface area contributed by atoms with Gasteiger partial charge in [-0.3, -0.25) is 9.78 Å². The third-order valence-electron chi connectivity index (χ3n) is 4.59. The second-order valence-corrected chi connectivity index (χ2v) is 8.48. The summed E-state index contributed by atoms with van der Waals surface area (Å²) in [6, 6.07) is 10.7. The monoisotopic (exact) mass is 458 g/mol. The molecule has 0 radical (unpaired) electrons. The Morgan fingerprint density at radius 1 is 1.13 bits per heavy atom. The van der Waals surface area contributed by atoms with Gasteiger partial charge in [0.1, 0.15) is 16.0 Å². The summed E-state index contributed by atoms with van der Waals surface area (Å²) in [4.78, 5) is 28.4. The van der Waals surface area contributed by atoms with Gasteiger partial charge in [0.25, 0.3) is 5.91 Å². The Morgan fingerprint density at radius 3 is 2.81 bits per heavy atom. The lowest BCUT2D eigenvalue weighted by Crippen LogP contribution is -2.24. The second kappa shape index (κ2) is 9.95. The van der Waals surface area contributed by atoms with Crippen molar-refractivity contribution in [1.82, 2.24) is 30.6 Å². The van der Waals surface area contributed by atoms with Gasteiger partial charge in [-0.2, -0.15) is 0 Å². The molecule has 0 saturated heterocycles. The summed E-state index contributed by atoms with van der Waals surface area (Å²) < 4.78 is 13.9. The van der Waals surface area contributed by atoms with Crippen LogP contribution in [-0.4, -0.2) is 38.9 Å². The van der Waals surface area contributed by atoms with Gasteiger partial charge >= 0.3 is 0 Å². The van der Waals surface area contributed by atoms with Crippen LogP contribution in [0.5, 0.6) is 0 Å². The van der Waals surface area contributed by atoms with Crippen LogP contribution in [0.25, 0.3) is 11.0 Å². The smallest absolute Gasteiger partial charge is 0.272 e. The molecule has 0 saturated carbocycles. The number of carbonyl (C=O) groups is 1. The fourth-order valence-corrected chi connectivity index (χ4v) is 4.22. The summed E-state index contributed by atoms with van der Waals surface area (Å²) in [5, 5.41) is 6.72. The number of nitrogens with one attached hydrogen (secondary N) is 3. The summed E-state index contributed by atoms with van der Waals surface area (Å²) in [5.74, 6) is 0.0197. The molecule has 0 atom stereocenters. The predicted octanol–water partition coefficient (Wildman–Crippen LogP) is 3.51. The second-order valence-electron chi connectivity index (χ2n) is 6.80. The number of benzene rings is 1. The molecule has 7 nitrogen and oxygen atoms in total. The number of hydrogen-bond acceptors (Lipinski definition) is 6. The van der Waals surface area contributed by atoms with Gasteiger partial charge in [-0.15, -0.1) is 11.3 Å². The highest BCUT2D eigenvalue weighted by Crippen LogP contribution is 2.24. The Labute approximate surface area is 187 Å². The summed E-state index contributed by atoms with van der Waals surface area (Å²) in [7, 11) is 0. The number of para-hydroxylation sites is 2. The summed E-state index contributed by atoms with van der Waals surface area (Å²) in [5.41, 5.74) is 2.31. The van der Waals surface area contributed by atoms with Crippen LogP contribution in [0, 0.1) is 5.82 Å². The Balaban J connectivity index is 1.23.